The molecule has 1 aromatic rings. The summed E-state index contributed by atoms with van der Waals surface area (Å²) in [6.07, 6.45) is -0.0447. The van der Waals surface area contributed by atoms with E-state index in [0.29, 0.717) is 36.9 Å². The minimum absolute atomic E-state index is 0.0447. The standard InChI is InChI=1S/C14H16ClNO4/c15-11-3-1-10(2-4-11)13(17)9-12(14(18)19)16-5-7-20-8-6-16/h1-4,12H,5-9H2,(H,18,19)/t12-/m0/s1. The number of rotatable bonds is 5. The number of carboxylic acid groups (broad SMARTS) is 1. The predicted molar refractivity (Wildman–Crippen MR) is 74.2 cm³/mol. The van der Waals surface area contributed by atoms with Crippen LogP contribution in [0.15, 0.2) is 24.3 Å². The van der Waals surface area contributed by atoms with Crippen LogP contribution in [-0.4, -0.2) is 54.1 Å². The van der Waals surface area contributed by atoms with Crippen molar-refractivity contribution in [1.82, 2.24) is 4.90 Å². The summed E-state index contributed by atoms with van der Waals surface area (Å²) in [6.45, 7) is 2.06. The molecule has 1 aromatic carbocycles. The zero-order valence-corrected chi connectivity index (χ0v) is 11.7. The minimum Gasteiger partial charge on any atom is -0.480 e. The number of nitrogens with zero attached hydrogens (tertiary/aromatic N) is 1. The Kier molecular flexibility index (Phi) is 5.11. The van der Waals surface area contributed by atoms with Crippen molar-refractivity contribution in [2.75, 3.05) is 26.3 Å². The van der Waals surface area contributed by atoms with E-state index in [1.54, 1.807) is 29.2 Å². The molecule has 1 aliphatic heterocycles. The van der Waals surface area contributed by atoms with E-state index in [1.165, 1.54) is 0 Å². The molecule has 1 atom stereocenters. The van der Waals surface area contributed by atoms with Crippen LogP contribution in [0.4, 0.5) is 0 Å². The van der Waals surface area contributed by atoms with E-state index in [4.69, 9.17) is 16.3 Å². The average Bonchev–Trinajstić information content (AvgIpc) is 2.46. The Labute approximate surface area is 122 Å². The van der Waals surface area contributed by atoms with Gasteiger partial charge in [0.15, 0.2) is 5.78 Å². The monoisotopic (exact) mass is 297 g/mol. The number of carbonyl (C=O) groups excluding carboxylic acids is 1. The van der Waals surface area contributed by atoms with Crippen LogP contribution in [0.2, 0.25) is 5.02 Å². The minimum atomic E-state index is -0.978. The van der Waals surface area contributed by atoms with Crippen LogP contribution >= 0.6 is 11.6 Å². The number of benzene rings is 1. The van der Waals surface area contributed by atoms with Crippen LogP contribution in [0.5, 0.6) is 0 Å². The Morgan fingerprint density at radius 2 is 1.85 bits per heavy atom. The zero-order chi connectivity index (χ0) is 14.5. The maximum atomic E-state index is 12.1. The fraction of sp³-hybridized carbons (Fsp3) is 0.429. The summed E-state index contributed by atoms with van der Waals surface area (Å²) in [7, 11) is 0. The van der Waals surface area contributed by atoms with Gasteiger partial charge >= 0.3 is 5.97 Å². The van der Waals surface area contributed by atoms with Crippen molar-refractivity contribution in [2.45, 2.75) is 12.5 Å². The van der Waals surface area contributed by atoms with Gasteiger partial charge in [-0.25, -0.2) is 0 Å². The van der Waals surface area contributed by atoms with Gasteiger partial charge in [-0.05, 0) is 24.3 Å². The molecule has 0 aliphatic carbocycles. The molecule has 2 rings (SSSR count). The SMILES string of the molecule is O=C(C[C@@H](C(=O)O)N1CCOCC1)c1ccc(Cl)cc1. The molecule has 20 heavy (non-hydrogen) atoms. The topological polar surface area (TPSA) is 66.8 Å². The highest BCUT2D eigenvalue weighted by atomic mass is 35.5. The third-order valence-corrected chi connectivity index (χ3v) is 3.57. The molecule has 0 saturated carbocycles. The van der Waals surface area contributed by atoms with Gasteiger partial charge in [0, 0.05) is 30.1 Å². The predicted octanol–water partition coefficient (Wildman–Crippen LogP) is 1.70. The van der Waals surface area contributed by atoms with Crippen LogP contribution in [0.25, 0.3) is 0 Å². The highest BCUT2D eigenvalue weighted by Crippen LogP contribution is 2.15. The zero-order valence-electron chi connectivity index (χ0n) is 10.9. The van der Waals surface area contributed by atoms with E-state index in [1.807, 2.05) is 0 Å². The molecule has 108 valence electrons. The third kappa shape index (κ3) is 3.79. The lowest BCUT2D eigenvalue weighted by Crippen LogP contribution is -2.48. The first kappa shape index (κ1) is 15.0. The van der Waals surface area contributed by atoms with Crippen LogP contribution < -0.4 is 0 Å². The molecular weight excluding hydrogens is 282 g/mol. The van der Waals surface area contributed by atoms with Crippen molar-refractivity contribution < 1.29 is 19.4 Å². The summed E-state index contributed by atoms with van der Waals surface area (Å²) in [6, 6.07) is 5.67. The summed E-state index contributed by atoms with van der Waals surface area (Å²) < 4.78 is 5.20. The molecule has 1 saturated heterocycles. The molecule has 0 bridgehead atoms. The first-order chi connectivity index (χ1) is 9.58. The molecule has 1 aliphatic rings. The van der Waals surface area contributed by atoms with Gasteiger partial charge in [-0.15, -0.1) is 0 Å². The second-order valence-electron chi connectivity index (χ2n) is 4.64. The van der Waals surface area contributed by atoms with Gasteiger partial charge in [0.1, 0.15) is 6.04 Å². The number of halogens is 1. The molecular formula is C14H16ClNO4. The van der Waals surface area contributed by atoms with Gasteiger partial charge in [0.05, 0.1) is 13.2 Å². The first-order valence-electron chi connectivity index (χ1n) is 6.41. The van der Waals surface area contributed by atoms with Crippen LogP contribution in [0, 0.1) is 0 Å². The van der Waals surface area contributed by atoms with Crippen molar-refractivity contribution in [3.63, 3.8) is 0 Å². The van der Waals surface area contributed by atoms with E-state index in [9.17, 15) is 14.7 Å². The molecule has 0 radical (unpaired) electrons. The molecule has 5 nitrogen and oxygen atoms in total. The van der Waals surface area contributed by atoms with Crippen molar-refractivity contribution >= 4 is 23.4 Å². The Morgan fingerprint density at radius 1 is 1.25 bits per heavy atom. The van der Waals surface area contributed by atoms with E-state index in [2.05, 4.69) is 0 Å². The quantitative estimate of drug-likeness (QED) is 0.838. The largest absolute Gasteiger partial charge is 0.480 e. The van der Waals surface area contributed by atoms with Crippen molar-refractivity contribution in [3.8, 4) is 0 Å². The lowest BCUT2D eigenvalue weighted by molar-refractivity contribution is -0.144. The van der Waals surface area contributed by atoms with E-state index in [0.717, 1.165) is 0 Å². The van der Waals surface area contributed by atoms with Gasteiger partial charge in [-0.3, -0.25) is 14.5 Å². The van der Waals surface area contributed by atoms with Crippen molar-refractivity contribution in [3.05, 3.63) is 34.9 Å². The van der Waals surface area contributed by atoms with E-state index >= 15 is 0 Å². The number of carbonyl (C=O) groups is 2. The summed E-state index contributed by atoms with van der Waals surface area (Å²) in [5, 5.41) is 9.86. The molecule has 1 N–H and O–H groups in total. The maximum Gasteiger partial charge on any atom is 0.321 e. The summed E-state index contributed by atoms with van der Waals surface area (Å²) in [4.78, 5) is 25.3. The molecule has 1 heterocycles. The van der Waals surface area contributed by atoms with Gasteiger partial charge in [-0.1, -0.05) is 11.6 Å². The van der Waals surface area contributed by atoms with Crippen LogP contribution in [0.3, 0.4) is 0 Å². The number of carboxylic acids is 1. The highest BCUT2D eigenvalue weighted by molar-refractivity contribution is 6.30. The van der Waals surface area contributed by atoms with Crippen LogP contribution in [0.1, 0.15) is 16.8 Å². The fourth-order valence-corrected chi connectivity index (χ4v) is 2.32. The maximum absolute atomic E-state index is 12.1. The van der Waals surface area contributed by atoms with Crippen LogP contribution in [-0.2, 0) is 9.53 Å². The lowest BCUT2D eigenvalue weighted by Gasteiger charge is -2.31. The summed E-state index contributed by atoms with van der Waals surface area (Å²) in [5.74, 6) is -1.17. The Bertz CT molecular complexity index is 482. The summed E-state index contributed by atoms with van der Waals surface area (Å²) >= 11 is 5.77. The fourth-order valence-electron chi connectivity index (χ4n) is 2.19. The molecule has 0 amide bonds. The number of ketones is 1. The highest BCUT2D eigenvalue weighted by Gasteiger charge is 2.29. The molecule has 0 aromatic heterocycles. The van der Waals surface area contributed by atoms with Gasteiger partial charge < -0.3 is 9.84 Å². The number of Topliss-reactive ketones (excluding diaryl/α,β-unsaturated/α-hetero) is 1. The summed E-state index contributed by atoms with van der Waals surface area (Å²) in [5.41, 5.74) is 0.480. The Hall–Kier alpha value is -1.43. The van der Waals surface area contributed by atoms with Gasteiger partial charge in [0.2, 0.25) is 0 Å². The smallest absolute Gasteiger partial charge is 0.321 e. The second kappa shape index (κ2) is 6.83. The number of morpholine rings is 1. The van der Waals surface area contributed by atoms with Crippen molar-refractivity contribution in [2.24, 2.45) is 0 Å². The molecule has 0 spiro atoms. The molecule has 0 unspecified atom stereocenters. The second-order valence-corrected chi connectivity index (χ2v) is 5.07. The number of hydrogen-bond donors (Lipinski definition) is 1. The number of ether oxygens (including phenoxy) is 1. The Balaban J connectivity index is 2.05. The number of aliphatic carboxylic acids is 1. The first-order valence-corrected chi connectivity index (χ1v) is 6.79. The van der Waals surface area contributed by atoms with Crippen molar-refractivity contribution in [1.29, 1.82) is 0 Å². The number of hydrogen-bond acceptors (Lipinski definition) is 4. The molecule has 6 heteroatoms. The van der Waals surface area contributed by atoms with E-state index in [-0.39, 0.29) is 12.2 Å². The average molecular weight is 298 g/mol. The normalized spacial score (nSPS) is 17.6. The third-order valence-electron chi connectivity index (χ3n) is 3.32. The van der Waals surface area contributed by atoms with E-state index < -0.39 is 12.0 Å². The Morgan fingerprint density at radius 3 is 2.40 bits per heavy atom. The lowest BCUT2D eigenvalue weighted by atomic mass is 10.0. The molecule has 1 fully saturated rings. The van der Waals surface area contributed by atoms with Gasteiger partial charge in [-0.2, -0.15) is 0 Å². The van der Waals surface area contributed by atoms with Gasteiger partial charge in [0.25, 0.3) is 0 Å².